The molecule has 1 aromatic carbocycles. The standard InChI is InChI=1S/C11H11F3N2O/c1-7-2-4-8(5-3-7)9-10(11(12,13)14)17-6-15-16-9/h2-5,10,15H,6H2,1H3. The van der Waals surface area contributed by atoms with Crippen LogP contribution >= 0.6 is 0 Å². The minimum Gasteiger partial charge on any atom is -0.341 e. The van der Waals surface area contributed by atoms with E-state index in [1.54, 1.807) is 24.3 Å². The predicted molar refractivity (Wildman–Crippen MR) is 56.6 cm³/mol. The third kappa shape index (κ3) is 2.58. The SMILES string of the molecule is Cc1ccc(C2=NNCOC2C(F)(F)F)cc1. The van der Waals surface area contributed by atoms with Crippen molar-refractivity contribution in [3.8, 4) is 0 Å². The molecule has 0 spiro atoms. The van der Waals surface area contributed by atoms with Gasteiger partial charge in [0.2, 0.25) is 0 Å². The molecule has 0 bridgehead atoms. The van der Waals surface area contributed by atoms with Crippen LogP contribution in [0.2, 0.25) is 0 Å². The molecule has 0 saturated heterocycles. The van der Waals surface area contributed by atoms with Gasteiger partial charge in [-0.1, -0.05) is 29.8 Å². The van der Waals surface area contributed by atoms with Crippen LogP contribution < -0.4 is 5.43 Å². The maximum absolute atomic E-state index is 12.7. The summed E-state index contributed by atoms with van der Waals surface area (Å²) in [5.74, 6) is 0. The maximum Gasteiger partial charge on any atom is 0.420 e. The van der Waals surface area contributed by atoms with Gasteiger partial charge in [-0.3, -0.25) is 5.43 Å². The zero-order valence-electron chi connectivity index (χ0n) is 9.08. The van der Waals surface area contributed by atoms with Gasteiger partial charge in [-0.05, 0) is 6.92 Å². The number of nitrogens with zero attached hydrogens (tertiary/aromatic N) is 1. The van der Waals surface area contributed by atoms with E-state index in [9.17, 15) is 13.2 Å². The molecule has 0 aliphatic carbocycles. The van der Waals surface area contributed by atoms with E-state index in [0.717, 1.165) is 5.56 Å². The first kappa shape index (κ1) is 11.9. The average Bonchev–Trinajstić information content (AvgIpc) is 2.29. The van der Waals surface area contributed by atoms with Gasteiger partial charge in [0.1, 0.15) is 12.4 Å². The van der Waals surface area contributed by atoms with E-state index in [-0.39, 0.29) is 12.4 Å². The summed E-state index contributed by atoms with van der Waals surface area (Å²) in [6, 6.07) is 6.67. The van der Waals surface area contributed by atoms with Crippen molar-refractivity contribution in [1.82, 2.24) is 5.43 Å². The third-order valence-corrected chi connectivity index (χ3v) is 2.41. The molecule has 0 fully saturated rings. The normalized spacial score (nSPS) is 20.7. The molecule has 0 radical (unpaired) electrons. The van der Waals surface area contributed by atoms with Crippen LogP contribution in [0.1, 0.15) is 11.1 Å². The average molecular weight is 244 g/mol. The monoisotopic (exact) mass is 244 g/mol. The molecule has 0 aromatic heterocycles. The topological polar surface area (TPSA) is 33.6 Å². The number of hydrogen-bond acceptors (Lipinski definition) is 3. The van der Waals surface area contributed by atoms with E-state index in [1.165, 1.54) is 0 Å². The van der Waals surface area contributed by atoms with Crippen LogP contribution in [0.15, 0.2) is 29.4 Å². The van der Waals surface area contributed by atoms with E-state index in [0.29, 0.717) is 5.56 Å². The molecule has 1 unspecified atom stereocenters. The molecular formula is C11H11F3N2O. The first-order valence-electron chi connectivity index (χ1n) is 5.04. The molecule has 1 aliphatic rings. The largest absolute Gasteiger partial charge is 0.420 e. The molecule has 1 aromatic rings. The van der Waals surface area contributed by atoms with Gasteiger partial charge in [0.05, 0.1) is 0 Å². The lowest BCUT2D eigenvalue weighted by Crippen LogP contribution is -2.45. The van der Waals surface area contributed by atoms with E-state index >= 15 is 0 Å². The van der Waals surface area contributed by atoms with Gasteiger partial charge in [0.25, 0.3) is 0 Å². The van der Waals surface area contributed by atoms with Gasteiger partial charge < -0.3 is 4.74 Å². The van der Waals surface area contributed by atoms with Gasteiger partial charge in [-0.2, -0.15) is 18.3 Å². The lowest BCUT2D eigenvalue weighted by Gasteiger charge is -2.26. The molecule has 0 amide bonds. The summed E-state index contributed by atoms with van der Waals surface area (Å²) in [5, 5.41) is 3.70. The number of ether oxygens (including phenoxy) is 1. The van der Waals surface area contributed by atoms with E-state index in [2.05, 4.69) is 15.3 Å². The second-order valence-corrected chi connectivity index (χ2v) is 3.75. The van der Waals surface area contributed by atoms with Gasteiger partial charge in [0, 0.05) is 5.56 Å². The highest BCUT2D eigenvalue weighted by Crippen LogP contribution is 2.27. The Balaban J connectivity index is 2.34. The molecule has 17 heavy (non-hydrogen) atoms. The first-order valence-corrected chi connectivity index (χ1v) is 5.04. The second kappa shape index (κ2) is 4.37. The van der Waals surface area contributed by atoms with Crippen LogP contribution in [0.5, 0.6) is 0 Å². The summed E-state index contributed by atoms with van der Waals surface area (Å²) in [6.07, 6.45) is -6.42. The van der Waals surface area contributed by atoms with Crippen molar-refractivity contribution in [3.05, 3.63) is 35.4 Å². The van der Waals surface area contributed by atoms with Crippen molar-refractivity contribution in [2.45, 2.75) is 19.2 Å². The first-order chi connectivity index (χ1) is 7.98. The number of rotatable bonds is 1. The fraction of sp³-hybridized carbons (Fsp3) is 0.364. The second-order valence-electron chi connectivity index (χ2n) is 3.75. The molecule has 92 valence electrons. The van der Waals surface area contributed by atoms with Crippen LogP contribution in [0, 0.1) is 6.92 Å². The highest BCUT2D eigenvalue weighted by atomic mass is 19.4. The van der Waals surface area contributed by atoms with Gasteiger partial charge in [0.15, 0.2) is 6.10 Å². The molecule has 1 atom stereocenters. The number of hydrogen-bond donors (Lipinski definition) is 1. The minimum absolute atomic E-state index is 0.135. The Kier molecular flexibility index (Phi) is 3.06. The van der Waals surface area contributed by atoms with Crippen LogP contribution in [-0.4, -0.2) is 24.7 Å². The Morgan fingerprint density at radius 1 is 1.29 bits per heavy atom. The molecule has 1 N–H and O–H groups in total. The van der Waals surface area contributed by atoms with Crippen molar-refractivity contribution >= 4 is 5.71 Å². The molecule has 0 saturated carbocycles. The van der Waals surface area contributed by atoms with E-state index in [4.69, 9.17) is 0 Å². The van der Waals surface area contributed by atoms with Crippen molar-refractivity contribution in [1.29, 1.82) is 0 Å². The Bertz CT molecular complexity index is 425. The van der Waals surface area contributed by atoms with Gasteiger partial charge >= 0.3 is 6.18 Å². The molecule has 1 heterocycles. The molecular weight excluding hydrogens is 233 g/mol. The number of benzene rings is 1. The Hall–Kier alpha value is -1.56. The fourth-order valence-corrected chi connectivity index (χ4v) is 1.57. The van der Waals surface area contributed by atoms with E-state index in [1.807, 2.05) is 6.92 Å². The Labute approximate surface area is 96.3 Å². The van der Waals surface area contributed by atoms with Gasteiger partial charge in [-0.15, -0.1) is 0 Å². The summed E-state index contributed by atoms with van der Waals surface area (Å²) in [6.45, 7) is 1.63. The van der Waals surface area contributed by atoms with Crippen LogP contribution in [0.4, 0.5) is 13.2 Å². The fourth-order valence-electron chi connectivity index (χ4n) is 1.57. The van der Waals surface area contributed by atoms with Crippen LogP contribution in [0.3, 0.4) is 0 Å². The quantitative estimate of drug-likeness (QED) is 0.821. The number of halogens is 3. The number of hydrazone groups is 1. The molecule has 2 rings (SSSR count). The molecule has 6 heteroatoms. The number of nitrogens with one attached hydrogen (secondary N) is 1. The lowest BCUT2D eigenvalue weighted by molar-refractivity contribution is -0.201. The highest BCUT2D eigenvalue weighted by Gasteiger charge is 2.46. The maximum atomic E-state index is 12.7. The summed E-state index contributed by atoms with van der Waals surface area (Å²) in [5.41, 5.74) is 3.66. The van der Waals surface area contributed by atoms with E-state index < -0.39 is 12.3 Å². The smallest absolute Gasteiger partial charge is 0.341 e. The Morgan fingerprint density at radius 2 is 1.94 bits per heavy atom. The van der Waals surface area contributed by atoms with Crippen LogP contribution in [-0.2, 0) is 4.74 Å². The summed E-state index contributed by atoms with van der Waals surface area (Å²) in [4.78, 5) is 0. The lowest BCUT2D eigenvalue weighted by atomic mass is 10.0. The zero-order chi connectivity index (χ0) is 12.5. The van der Waals surface area contributed by atoms with Crippen LogP contribution in [0.25, 0.3) is 0 Å². The predicted octanol–water partition coefficient (Wildman–Crippen LogP) is 2.21. The van der Waals surface area contributed by atoms with Crippen molar-refractivity contribution in [2.75, 3.05) is 6.73 Å². The zero-order valence-corrected chi connectivity index (χ0v) is 9.08. The third-order valence-electron chi connectivity index (χ3n) is 2.41. The number of alkyl halides is 3. The van der Waals surface area contributed by atoms with Crippen molar-refractivity contribution in [2.24, 2.45) is 5.10 Å². The molecule has 1 aliphatic heterocycles. The summed E-state index contributed by atoms with van der Waals surface area (Å²) in [7, 11) is 0. The number of aryl methyl sites for hydroxylation is 1. The summed E-state index contributed by atoms with van der Waals surface area (Å²) < 4.78 is 42.8. The van der Waals surface area contributed by atoms with Gasteiger partial charge in [-0.25, -0.2) is 0 Å². The highest BCUT2D eigenvalue weighted by molar-refractivity contribution is 6.04. The summed E-state index contributed by atoms with van der Waals surface area (Å²) >= 11 is 0. The minimum atomic E-state index is -4.45. The van der Waals surface area contributed by atoms with Crippen molar-refractivity contribution < 1.29 is 17.9 Å². The van der Waals surface area contributed by atoms with Crippen molar-refractivity contribution in [3.63, 3.8) is 0 Å². The molecule has 3 nitrogen and oxygen atoms in total. The Morgan fingerprint density at radius 3 is 2.53 bits per heavy atom.